The van der Waals surface area contributed by atoms with Gasteiger partial charge >= 0.3 is 0 Å². The molecule has 0 saturated heterocycles. The van der Waals surface area contributed by atoms with Gasteiger partial charge in [-0.05, 0) is 66.8 Å². The number of para-hydroxylation sites is 2. The predicted molar refractivity (Wildman–Crippen MR) is 137 cm³/mol. The van der Waals surface area contributed by atoms with Crippen molar-refractivity contribution >= 4 is 34.3 Å². The fraction of sp³-hybridized carbons (Fsp3) is 0.222. The van der Waals surface area contributed by atoms with E-state index in [2.05, 4.69) is 25.2 Å². The van der Waals surface area contributed by atoms with Crippen LogP contribution in [-0.2, 0) is 4.79 Å². The molecule has 1 aromatic heterocycles. The third kappa shape index (κ3) is 5.01. The molecule has 0 spiro atoms. The Hall–Kier alpha value is -3.38. The number of nitrogens with one attached hydrogen (secondary N) is 1. The number of amides is 1. The number of nitrogens with zero attached hydrogens (tertiary/aromatic N) is 2. The van der Waals surface area contributed by atoms with E-state index < -0.39 is 0 Å². The first kappa shape index (κ1) is 22.8. The number of hydrogen-bond donors (Lipinski definition) is 1. The fourth-order valence-electron chi connectivity index (χ4n) is 3.95. The molecule has 33 heavy (non-hydrogen) atoms. The van der Waals surface area contributed by atoms with Crippen molar-refractivity contribution in [1.82, 2.24) is 9.55 Å². The maximum Gasteiger partial charge on any atom is 0.266 e. The molecule has 3 aromatic carbocycles. The number of carbonyl (C=O) groups is 1. The summed E-state index contributed by atoms with van der Waals surface area (Å²) in [7, 11) is 0. The Bertz CT molecular complexity index is 1370. The molecule has 0 aliphatic rings. The molecule has 0 unspecified atom stereocenters. The summed E-state index contributed by atoms with van der Waals surface area (Å²) in [6, 6.07) is 21.1. The van der Waals surface area contributed by atoms with Gasteiger partial charge in [-0.3, -0.25) is 14.2 Å². The second-order valence-corrected chi connectivity index (χ2v) is 9.42. The summed E-state index contributed by atoms with van der Waals surface area (Å²) in [6.45, 7) is 8.20. The molecule has 0 atom stereocenters. The Labute approximate surface area is 197 Å². The van der Waals surface area contributed by atoms with Crippen molar-refractivity contribution in [2.45, 2.75) is 38.8 Å². The van der Waals surface area contributed by atoms with Crippen LogP contribution in [0.15, 0.2) is 76.7 Å². The van der Waals surface area contributed by atoms with Gasteiger partial charge in [-0.1, -0.05) is 62.0 Å². The maximum absolute atomic E-state index is 13.4. The lowest BCUT2D eigenvalue weighted by molar-refractivity contribution is -0.113. The van der Waals surface area contributed by atoms with Crippen molar-refractivity contribution in [2.75, 3.05) is 11.1 Å². The van der Waals surface area contributed by atoms with E-state index in [1.807, 2.05) is 68.4 Å². The molecular weight excluding hydrogens is 430 g/mol. The minimum absolute atomic E-state index is 0.137. The van der Waals surface area contributed by atoms with Crippen LogP contribution >= 0.6 is 11.8 Å². The highest BCUT2D eigenvalue weighted by molar-refractivity contribution is 7.99. The van der Waals surface area contributed by atoms with Crippen LogP contribution in [0, 0.1) is 13.8 Å². The summed E-state index contributed by atoms with van der Waals surface area (Å²) in [5.41, 5.74) is 5.26. The van der Waals surface area contributed by atoms with Gasteiger partial charge in [0.15, 0.2) is 5.16 Å². The van der Waals surface area contributed by atoms with E-state index in [1.165, 1.54) is 11.8 Å². The molecule has 0 saturated carbocycles. The average Bonchev–Trinajstić information content (AvgIpc) is 2.77. The number of anilines is 1. The van der Waals surface area contributed by atoms with Crippen molar-refractivity contribution < 1.29 is 4.79 Å². The molecule has 0 bridgehead atoms. The Kier molecular flexibility index (Phi) is 6.65. The summed E-state index contributed by atoms with van der Waals surface area (Å²) < 4.78 is 1.61. The highest BCUT2D eigenvalue weighted by atomic mass is 32.2. The van der Waals surface area contributed by atoms with Crippen molar-refractivity contribution in [1.29, 1.82) is 0 Å². The van der Waals surface area contributed by atoms with Crippen LogP contribution in [0.2, 0.25) is 0 Å². The quantitative estimate of drug-likeness (QED) is 0.291. The molecular formula is C27H27N3O2S. The van der Waals surface area contributed by atoms with Crippen LogP contribution in [0.5, 0.6) is 0 Å². The normalized spacial score (nSPS) is 11.2. The topological polar surface area (TPSA) is 64.0 Å². The fourth-order valence-corrected chi connectivity index (χ4v) is 4.76. The Balaban J connectivity index is 1.69. The summed E-state index contributed by atoms with van der Waals surface area (Å²) in [6.07, 6.45) is 0. The molecule has 1 heterocycles. The van der Waals surface area contributed by atoms with Crippen molar-refractivity contribution in [3.63, 3.8) is 0 Å². The van der Waals surface area contributed by atoms with Crippen molar-refractivity contribution in [3.05, 3.63) is 93.8 Å². The van der Waals surface area contributed by atoms with Crippen molar-refractivity contribution in [2.24, 2.45) is 0 Å². The standard InChI is InChI=1S/C27H27N3O2S/c1-17(2)21-9-5-7-11-23(21)28-25(31)16-33-27-29-24-12-8-6-10-22(24)26(32)30(27)20-14-18(3)13-19(4)15-20/h5-15,17H,16H2,1-4H3,(H,28,31). The molecule has 5 nitrogen and oxygen atoms in total. The first-order chi connectivity index (χ1) is 15.8. The van der Waals surface area contributed by atoms with Gasteiger partial charge in [0.2, 0.25) is 5.91 Å². The third-order valence-corrected chi connectivity index (χ3v) is 6.34. The number of thioether (sulfide) groups is 1. The van der Waals surface area contributed by atoms with Crippen LogP contribution in [0.4, 0.5) is 5.69 Å². The molecule has 6 heteroatoms. The van der Waals surface area contributed by atoms with E-state index >= 15 is 0 Å². The summed E-state index contributed by atoms with van der Waals surface area (Å²) in [5, 5.41) is 4.06. The van der Waals surface area contributed by atoms with E-state index in [-0.39, 0.29) is 17.2 Å². The van der Waals surface area contributed by atoms with Gasteiger partial charge < -0.3 is 5.32 Å². The monoisotopic (exact) mass is 457 g/mol. The second kappa shape index (κ2) is 9.63. The first-order valence-electron chi connectivity index (χ1n) is 11.0. The number of rotatable bonds is 6. The summed E-state index contributed by atoms with van der Waals surface area (Å²) in [4.78, 5) is 31.0. The largest absolute Gasteiger partial charge is 0.325 e. The molecule has 4 aromatic rings. The van der Waals surface area contributed by atoms with Gasteiger partial charge in [0.1, 0.15) is 0 Å². The number of aromatic nitrogens is 2. The molecule has 4 rings (SSSR count). The van der Waals surface area contributed by atoms with Crippen molar-refractivity contribution in [3.8, 4) is 5.69 Å². The smallest absolute Gasteiger partial charge is 0.266 e. The molecule has 1 N–H and O–H groups in total. The van der Waals surface area contributed by atoms with Gasteiger partial charge in [0, 0.05) is 5.69 Å². The molecule has 0 aliphatic carbocycles. The average molecular weight is 458 g/mol. The highest BCUT2D eigenvalue weighted by Crippen LogP contribution is 2.26. The Morgan fingerprint density at radius 2 is 1.67 bits per heavy atom. The van der Waals surface area contributed by atoms with Gasteiger partial charge in [-0.15, -0.1) is 0 Å². The highest BCUT2D eigenvalue weighted by Gasteiger charge is 2.16. The molecule has 0 fully saturated rings. The van der Waals surface area contributed by atoms with E-state index in [9.17, 15) is 9.59 Å². The third-order valence-electron chi connectivity index (χ3n) is 5.40. The zero-order chi connectivity index (χ0) is 23.5. The van der Waals surface area contributed by atoms with Gasteiger partial charge in [-0.2, -0.15) is 0 Å². The van der Waals surface area contributed by atoms with E-state index in [4.69, 9.17) is 4.98 Å². The molecule has 0 radical (unpaired) electrons. The number of fused-ring (bicyclic) bond motifs is 1. The lowest BCUT2D eigenvalue weighted by Gasteiger charge is -2.15. The number of benzene rings is 3. The molecule has 1 amide bonds. The van der Waals surface area contributed by atoms with E-state index in [1.54, 1.807) is 10.6 Å². The minimum atomic E-state index is -0.140. The summed E-state index contributed by atoms with van der Waals surface area (Å²) >= 11 is 1.26. The van der Waals surface area contributed by atoms with Crippen LogP contribution in [0.3, 0.4) is 0 Å². The lowest BCUT2D eigenvalue weighted by Crippen LogP contribution is -2.23. The number of carbonyl (C=O) groups excluding carboxylic acids is 1. The number of aryl methyl sites for hydroxylation is 2. The lowest BCUT2D eigenvalue weighted by atomic mass is 10.0. The second-order valence-electron chi connectivity index (χ2n) is 8.48. The summed E-state index contributed by atoms with van der Waals surface area (Å²) in [5.74, 6) is 0.302. The zero-order valence-electron chi connectivity index (χ0n) is 19.3. The van der Waals surface area contributed by atoms with Crippen LogP contribution in [0.1, 0.15) is 36.5 Å². The van der Waals surface area contributed by atoms with Crippen LogP contribution < -0.4 is 10.9 Å². The molecule has 168 valence electrons. The number of hydrogen-bond acceptors (Lipinski definition) is 4. The SMILES string of the molecule is Cc1cc(C)cc(-n2c(SCC(=O)Nc3ccccc3C(C)C)nc3ccccc3c2=O)c1. The van der Waals surface area contributed by atoms with Crippen LogP contribution in [0.25, 0.3) is 16.6 Å². The van der Waals surface area contributed by atoms with E-state index in [0.717, 1.165) is 28.1 Å². The van der Waals surface area contributed by atoms with E-state index in [0.29, 0.717) is 22.0 Å². The maximum atomic E-state index is 13.4. The Morgan fingerprint density at radius 1 is 1.00 bits per heavy atom. The van der Waals surface area contributed by atoms with Crippen LogP contribution in [-0.4, -0.2) is 21.2 Å². The first-order valence-corrected chi connectivity index (χ1v) is 11.9. The van der Waals surface area contributed by atoms with Gasteiger partial charge in [0.25, 0.3) is 5.56 Å². The minimum Gasteiger partial charge on any atom is -0.325 e. The zero-order valence-corrected chi connectivity index (χ0v) is 20.1. The molecule has 0 aliphatic heterocycles. The Morgan fingerprint density at radius 3 is 2.39 bits per heavy atom. The van der Waals surface area contributed by atoms with Gasteiger partial charge in [-0.25, -0.2) is 4.98 Å². The van der Waals surface area contributed by atoms with Gasteiger partial charge in [0.05, 0.1) is 22.3 Å². The predicted octanol–water partition coefficient (Wildman–Crippen LogP) is 5.86.